The Morgan fingerprint density at radius 2 is 2.00 bits per heavy atom. The van der Waals surface area contributed by atoms with Crippen LogP contribution in [0.3, 0.4) is 0 Å². The zero-order valence-electron chi connectivity index (χ0n) is 5.10. The predicted octanol–water partition coefficient (Wildman–Crippen LogP) is 0.275. The van der Waals surface area contributed by atoms with E-state index < -0.39 is 0 Å². The van der Waals surface area contributed by atoms with Crippen molar-refractivity contribution in [3.05, 3.63) is 11.6 Å². The third kappa shape index (κ3) is 2.11. The fraction of sp³-hybridized carbons (Fsp3) is 0.333. The fourth-order valence-electron chi connectivity index (χ4n) is 0.601. The molecule has 0 aromatic rings. The smallest absolute Gasteiger partial charge is 0.406 e. The summed E-state index contributed by atoms with van der Waals surface area (Å²) in [6.45, 7) is 1.60. The molecule has 0 bridgehead atoms. The Kier molecular flexibility index (Phi) is 3.45. The maximum absolute atomic E-state index is 10.5. The second kappa shape index (κ2) is 3.38. The van der Waals surface area contributed by atoms with Crippen molar-refractivity contribution >= 4 is 11.6 Å². The van der Waals surface area contributed by atoms with Crippen molar-refractivity contribution in [2.45, 2.75) is 13.3 Å². The van der Waals surface area contributed by atoms with E-state index in [1.54, 1.807) is 6.92 Å². The molecule has 0 heterocycles. The molecule has 0 atom stereocenters. The molecule has 1 rings (SSSR count). The number of carbonyl (C=O) groups excluding carboxylic acids is 2. The molecule has 0 aromatic carbocycles. The summed E-state index contributed by atoms with van der Waals surface area (Å²) in [5.41, 5.74) is 0.468. The van der Waals surface area contributed by atoms with Gasteiger partial charge in [-0.3, -0.25) is 0 Å². The summed E-state index contributed by atoms with van der Waals surface area (Å²) in [6, 6.07) is 0. The Hall–Kier alpha value is 0.184. The van der Waals surface area contributed by atoms with Gasteiger partial charge in [-0.05, 0) is 6.42 Å². The van der Waals surface area contributed by atoms with E-state index in [0.29, 0.717) is 5.57 Å². The van der Waals surface area contributed by atoms with Gasteiger partial charge in [-0.15, -0.1) is 0 Å². The van der Waals surface area contributed by atoms with Crippen LogP contribution in [0.1, 0.15) is 13.3 Å². The van der Waals surface area contributed by atoms with E-state index in [4.69, 9.17) is 0 Å². The van der Waals surface area contributed by atoms with Gasteiger partial charge >= 0.3 is 32.7 Å². The van der Waals surface area contributed by atoms with Crippen LogP contribution in [-0.4, -0.2) is 11.6 Å². The first-order valence-corrected chi connectivity index (χ1v) is 2.37. The Morgan fingerprint density at radius 3 is 2.11 bits per heavy atom. The summed E-state index contributed by atoms with van der Waals surface area (Å²) in [7, 11) is 0. The molecule has 0 saturated heterocycles. The Labute approximate surface area is 78.6 Å². The normalized spacial score (nSPS) is 17.2. The van der Waals surface area contributed by atoms with Crippen molar-refractivity contribution < 1.29 is 42.3 Å². The van der Waals surface area contributed by atoms with Gasteiger partial charge in [-0.25, -0.2) is 0 Å². The van der Waals surface area contributed by atoms with Crippen molar-refractivity contribution in [2.75, 3.05) is 0 Å². The molecular formula is C6H5O2Y+2. The first kappa shape index (κ1) is 9.18. The van der Waals surface area contributed by atoms with Gasteiger partial charge in [0.25, 0.3) is 0 Å². The van der Waals surface area contributed by atoms with E-state index in [0.717, 1.165) is 0 Å². The summed E-state index contributed by atoms with van der Waals surface area (Å²) in [5, 5.41) is 0. The molecule has 9 heavy (non-hydrogen) atoms. The maximum Gasteiger partial charge on any atom is 3.00 e. The van der Waals surface area contributed by atoms with Gasteiger partial charge < -0.3 is 9.59 Å². The third-order valence-corrected chi connectivity index (χ3v) is 1.07. The third-order valence-electron chi connectivity index (χ3n) is 1.07. The van der Waals surface area contributed by atoms with E-state index in [-0.39, 0.29) is 50.7 Å². The zero-order chi connectivity index (χ0) is 6.15. The first-order valence-electron chi connectivity index (χ1n) is 2.37. The van der Waals surface area contributed by atoms with E-state index in [9.17, 15) is 9.59 Å². The SMILES string of the molecule is CC1=[C-]C(=O)CC1=O.[Y+3]. The summed E-state index contributed by atoms with van der Waals surface area (Å²) in [6.07, 6.45) is 2.43. The monoisotopic (exact) mass is 198 g/mol. The molecule has 0 N–H and O–H groups in total. The fourth-order valence-corrected chi connectivity index (χ4v) is 0.601. The van der Waals surface area contributed by atoms with Crippen LogP contribution in [0.5, 0.6) is 0 Å². The summed E-state index contributed by atoms with van der Waals surface area (Å²) >= 11 is 0. The second-order valence-electron chi connectivity index (χ2n) is 1.77. The average Bonchev–Trinajstić information content (AvgIpc) is 1.85. The minimum absolute atomic E-state index is 0. The average molecular weight is 198 g/mol. The molecule has 0 aliphatic heterocycles. The van der Waals surface area contributed by atoms with E-state index in [2.05, 4.69) is 6.08 Å². The molecule has 0 fully saturated rings. The summed E-state index contributed by atoms with van der Waals surface area (Å²) < 4.78 is 0. The number of ketones is 2. The van der Waals surface area contributed by atoms with Crippen LogP contribution in [0, 0.1) is 6.08 Å². The van der Waals surface area contributed by atoms with Crippen LogP contribution < -0.4 is 0 Å². The van der Waals surface area contributed by atoms with Crippen LogP contribution in [0.15, 0.2) is 5.57 Å². The molecule has 0 unspecified atom stereocenters. The Morgan fingerprint density at radius 1 is 1.44 bits per heavy atom. The molecule has 0 aromatic heterocycles. The largest absolute Gasteiger partial charge is 3.00 e. The van der Waals surface area contributed by atoms with Gasteiger partial charge in [-0.1, -0.05) is 6.92 Å². The molecule has 0 radical (unpaired) electrons. The Balaban J connectivity index is 0.000000640. The van der Waals surface area contributed by atoms with Crippen LogP contribution in [-0.2, 0) is 42.3 Å². The van der Waals surface area contributed by atoms with Gasteiger partial charge in [-0.2, -0.15) is 11.6 Å². The van der Waals surface area contributed by atoms with E-state index in [1.165, 1.54) is 0 Å². The minimum atomic E-state index is -0.187. The van der Waals surface area contributed by atoms with Crippen molar-refractivity contribution in [3.63, 3.8) is 0 Å². The van der Waals surface area contributed by atoms with Gasteiger partial charge in [0.05, 0.1) is 5.78 Å². The maximum atomic E-state index is 10.5. The van der Waals surface area contributed by atoms with Crippen molar-refractivity contribution in [3.8, 4) is 0 Å². The number of rotatable bonds is 0. The number of hydrogen-bond donors (Lipinski definition) is 0. The number of carbonyl (C=O) groups is 2. The molecular weight excluding hydrogens is 193 g/mol. The van der Waals surface area contributed by atoms with Crippen LogP contribution in [0.2, 0.25) is 0 Å². The van der Waals surface area contributed by atoms with E-state index in [1.807, 2.05) is 0 Å². The number of hydrogen-bond acceptors (Lipinski definition) is 2. The standard InChI is InChI=1S/C6H5O2.Y/c1-4-2-5(7)3-6(4)8;/h3H2,1H3;/q-1;+3. The first-order chi connectivity index (χ1) is 3.70. The summed E-state index contributed by atoms with van der Waals surface area (Å²) in [4.78, 5) is 20.8. The van der Waals surface area contributed by atoms with E-state index >= 15 is 0 Å². The summed E-state index contributed by atoms with van der Waals surface area (Å²) in [5.74, 6) is -0.275. The van der Waals surface area contributed by atoms with Crippen LogP contribution in [0.4, 0.5) is 0 Å². The molecule has 0 amide bonds. The topological polar surface area (TPSA) is 34.1 Å². The van der Waals surface area contributed by atoms with Gasteiger partial charge in [0.1, 0.15) is 0 Å². The van der Waals surface area contributed by atoms with Gasteiger partial charge in [0.15, 0.2) is 0 Å². The quantitative estimate of drug-likeness (QED) is 0.413. The molecule has 0 saturated carbocycles. The molecule has 1 aliphatic carbocycles. The molecule has 3 heteroatoms. The molecule has 2 nitrogen and oxygen atoms in total. The molecule has 42 valence electrons. The predicted molar refractivity (Wildman–Crippen MR) is 27.1 cm³/mol. The molecule has 1 aliphatic rings. The van der Waals surface area contributed by atoms with Crippen LogP contribution in [0.25, 0.3) is 0 Å². The van der Waals surface area contributed by atoms with Crippen molar-refractivity contribution in [2.24, 2.45) is 0 Å². The second-order valence-corrected chi connectivity index (χ2v) is 1.77. The van der Waals surface area contributed by atoms with Crippen LogP contribution >= 0.6 is 0 Å². The number of Topliss-reactive ketones (excluding diaryl/α,β-unsaturated/α-hetero) is 2. The Bertz CT molecular complexity index is 181. The van der Waals surface area contributed by atoms with Crippen molar-refractivity contribution in [1.29, 1.82) is 0 Å². The van der Waals surface area contributed by atoms with Crippen molar-refractivity contribution in [1.82, 2.24) is 0 Å². The zero-order valence-corrected chi connectivity index (χ0v) is 7.94. The minimum Gasteiger partial charge on any atom is -0.406 e. The van der Waals surface area contributed by atoms with Gasteiger partial charge in [0.2, 0.25) is 0 Å². The van der Waals surface area contributed by atoms with Gasteiger partial charge in [0, 0.05) is 5.78 Å². The number of allylic oxidation sites excluding steroid dienone is 2. The molecule has 0 spiro atoms.